The molecule has 5 nitrogen and oxygen atoms in total. The van der Waals surface area contributed by atoms with Crippen LogP contribution in [-0.4, -0.2) is 28.0 Å². The van der Waals surface area contributed by atoms with E-state index in [0.717, 1.165) is 29.7 Å². The quantitative estimate of drug-likeness (QED) is 0.723. The van der Waals surface area contributed by atoms with Crippen molar-refractivity contribution in [2.75, 3.05) is 0 Å². The normalized spacial score (nSPS) is 14.7. The van der Waals surface area contributed by atoms with Crippen molar-refractivity contribution in [3.63, 3.8) is 0 Å². The van der Waals surface area contributed by atoms with E-state index in [9.17, 15) is 19.1 Å². The summed E-state index contributed by atoms with van der Waals surface area (Å²) in [4.78, 5) is 28.6. The summed E-state index contributed by atoms with van der Waals surface area (Å²) in [5, 5.41) is 11.9. The van der Waals surface area contributed by atoms with Gasteiger partial charge in [-0.2, -0.15) is 0 Å². The Morgan fingerprint density at radius 2 is 1.86 bits per heavy atom. The fraction of sp³-hybridized carbons (Fsp3) is 0.409. The van der Waals surface area contributed by atoms with Crippen LogP contribution in [0.5, 0.6) is 0 Å². The molecule has 1 aliphatic rings. The van der Waals surface area contributed by atoms with E-state index in [-0.39, 0.29) is 17.4 Å². The molecule has 2 aromatic rings. The number of carbonyl (C=O) groups is 2. The van der Waals surface area contributed by atoms with Crippen molar-refractivity contribution in [2.45, 2.75) is 51.5 Å². The molecule has 0 saturated heterocycles. The van der Waals surface area contributed by atoms with Crippen LogP contribution in [0.15, 0.2) is 36.4 Å². The number of aliphatic carboxylic acids is 1. The predicted octanol–water partition coefficient (Wildman–Crippen LogP) is 3.92. The molecule has 1 aliphatic carbocycles. The second-order valence-electron chi connectivity index (χ2n) is 7.80. The Hall–Kier alpha value is -2.76. The fourth-order valence-electron chi connectivity index (χ4n) is 3.27. The van der Waals surface area contributed by atoms with Gasteiger partial charge in [0.25, 0.3) is 5.91 Å². The summed E-state index contributed by atoms with van der Waals surface area (Å²) >= 11 is 0. The van der Waals surface area contributed by atoms with Gasteiger partial charge in [0, 0.05) is 12.1 Å². The molecule has 3 rings (SSSR count). The molecule has 2 N–H and O–H groups in total. The number of aromatic nitrogens is 1. The lowest BCUT2D eigenvalue weighted by Crippen LogP contribution is -2.42. The second-order valence-corrected chi connectivity index (χ2v) is 7.80. The Morgan fingerprint density at radius 1 is 1.18 bits per heavy atom. The summed E-state index contributed by atoms with van der Waals surface area (Å²) in [7, 11) is 0. The molecule has 1 amide bonds. The van der Waals surface area contributed by atoms with Crippen LogP contribution in [0, 0.1) is 11.7 Å². The lowest BCUT2D eigenvalue weighted by Gasteiger charge is -2.17. The largest absolute Gasteiger partial charge is 0.480 e. The van der Waals surface area contributed by atoms with Gasteiger partial charge in [-0.25, -0.2) is 14.2 Å². The van der Waals surface area contributed by atoms with Crippen molar-refractivity contribution >= 4 is 11.9 Å². The molecule has 0 aliphatic heterocycles. The Bertz CT molecular complexity index is 861. The molecule has 1 fully saturated rings. The van der Waals surface area contributed by atoms with Gasteiger partial charge in [-0.3, -0.25) is 4.79 Å². The van der Waals surface area contributed by atoms with Gasteiger partial charge in [0.1, 0.15) is 17.6 Å². The van der Waals surface area contributed by atoms with E-state index in [2.05, 4.69) is 10.3 Å². The average molecular weight is 384 g/mol. The van der Waals surface area contributed by atoms with Crippen LogP contribution >= 0.6 is 0 Å². The maximum Gasteiger partial charge on any atom is 0.326 e. The molecule has 1 atom stereocenters. The summed E-state index contributed by atoms with van der Waals surface area (Å²) in [6.07, 6.45) is 3.05. The smallest absolute Gasteiger partial charge is 0.326 e. The van der Waals surface area contributed by atoms with Crippen LogP contribution in [0.1, 0.15) is 66.3 Å². The molecule has 0 bridgehead atoms. The van der Waals surface area contributed by atoms with E-state index in [0.29, 0.717) is 18.8 Å². The zero-order valence-corrected chi connectivity index (χ0v) is 16.1. The van der Waals surface area contributed by atoms with Crippen LogP contribution in [0.4, 0.5) is 4.39 Å². The van der Waals surface area contributed by atoms with Gasteiger partial charge in [-0.1, -0.05) is 32.0 Å². The van der Waals surface area contributed by atoms with E-state index in [4.69, 9.17) is 0 Å². The average Bonchev–Trinajstić information content (AvgIpc) is 3.47. The minimum Gasteiger partial charge on any atom is -0.480 e. The van der Waals surface area contributed by atoms with E-state index < -0.39 is 17.9 Å². The molecular formula is C22H25FN2O3. The molecule has 1 saturated carbocycles. The molecule has 1 unspecified atom stereocenters. The summed E-state index contributed by atoms with van der Waals surface area (Å²) in [6, 6.07) is 8.87. The number of hydrogen-bond acceptors (Lipinski definition) is 3. The van der Waals surface area contributed by atoms with Gasteiger partial charge in [0.05, 0.1) is 0 Å². The molecule has 1 aromatic carbocycles. The van der Waals surface area contributed by atoms with Crippen LogP contribution in [-0.2, 0) is 11.2 Å². The monoisotopic (exact) mass is 384 g/mol. The summed E-state index contributed by atoms with van der Waals surface area (Å²) in [6.45, 7) is 3.82. The van der Waals surface area contributed by atoms with Crippen LogP contribution < -0.4 is 5.32 Å². The fourth-order valence-corrected chi connectivity index (χ4v) is 3.27. The zero-order chi connectivity index (χ0) is 20.3. The number of amides is 1. The molecule has 28 heavy (non-hydrogen) atoms. The Kier molecular flexibility index (Phi) is 6.07. The SMILES string of the molecule is CC(C)CC(NC(=O)c1ccc(C2CC2)c(Cc2ccc(F)cc2)n1)C(=O)O. The molecule has 148 valence electrons. The lowest BCUT2D eigenvalue weighted by atomic mass is 10.0. The molecule has 0 spiro atoms. The van der Waals surface area contributed by atoms with E-state index in [1.165, 1.54) is 12.1 Å². The number of hydrogen-bond donors (Lipinski definition) is 2. The maximum absolute atomic E-state index is 13.2. The van der Waals surface area contributed by atoms with E-state index >= 15 is 0 Å². The van der Waals surface area contributed by atoms with Gasteiger partial charge in [0.2, 0.25) is 0 Å². The Labute approximate surface area is 164 Å². The number of halogens is 1. The van der Waals surface area contributed by atoms with Crippen LogP contribution in [0.25, 0.3) is 0 Å². The highest BCUT2D eigenvalue weighted by molar-refractivity contribution is 5.95. The zero-order valence-electron chi connectivity index (χ0n) is 16.1. The number of carboxylic acids is 1. The molecule has 0 radical (unpaired) electrons. The van der Waals surface area contributed by atoms with Crippen molar-refractivity contribution in [3.05, 3.63) is 64.7 Å². The molecular weight excluding hydrogens is 359 g/mol. The van der Waals surface area contributed by atoms with Crippen molar-refractivity contribution in [1.29, 1.82) is 0 Å². The molecule has 6 heteroatoms. The predicted molar refractivity (Wildman–Crippen MR) is 104 cm³/mol. The summed E-state index contributed by atoms with van der Waals surface area (Å²) in [5.74, 6) is -1.25. The Morgan fingerprint density at radius 3 is 2.43 bits per heavy atom. The number of benzene rings is 1. The highest BCUT2D eigenvalue weighted by atomic mass is 19.1. The molecule has 1 aromatic heterocycles. The highest BCUT2D eigenvalue weighted by Gasteiger charge is 2.28. The number of carboxylic acid groups (broad SMARTS) is 1. The third-order valence-electron chi connectivity index (χ3n) is 4.85. The second kappa shape index (κ2) is 8.50. The van der Waals surface area contributed by atoms with Crippen molar-refractivity contribution in [2.24, 2.45) is 5.92 Å². The number of rotatable bonds is 8. The minimum absolute atomic E-state index is 0.139. The number of carbonyl (C=O) groups excluding carboxylic acids is 1. The van der Waals surface area contributed by atoms with Crippen molar-refractivity contribution in [1.82, 2.24) is 10.3 Å². The first kappa shape index (κ1) is 20.0. The van der Waals surface area contributed by atoms with Crippen LogP contribution in [0.2, 0.25) is 0 Å². The Balaban J connectivity index is 1.82. The topological polar surface area (TPSA) is 79.3 Å². The maximum atomic E-state index is 13.2. The first-order valence-electron chi connectivity index (χ1n) is 9.61. The number of nitrogens with one attached hydrogen (secondary N) is 1. The van der Waals surface area contributed by atoms with Gasteiger partial charge < -0.3 is 10.4 Å². The van der Waals surface area contributed by atoms with Crippen LogP contribution in [0.3, 0.4) is 0 Å². The van der Waals surface area contributed by atoms with Crippen molar-refractivity contribution in [3.8, 4) is 0 Å². The third kappa shape index (κ3) is 5.15. The van der Waals surface area contributed by atoms with Gasteiger partial charge in [-0.05, 0) is 60.4 Å². The number of nitrogens with zero attached hydrogens (tertiary/aromatic N) is 1. The lowest BCUT2D eigenvalue weighted by molar-refractivity contribution is -0.139. The summed E-state index contributed by atoms with van der Waals surface area (Å²) < 4.78 is 13.2. The van der Waals surface area contributed by atoms with E-state index in [1.807, 2.05) is 19.9 Å². The summed E-state index contributed by atoms with van der Waals surface area (Å²) in [5.41, 5.74) is 3.02. The minimum atomic E-state index is -1.05. The van der Waals surface area contributed by atoms with Gasteiger partial charge >= 0.3 is 5.97 Å². The standard InChI is InChI=1S/C22H25FN2O3/c1-13(2)11-20(22(27)28)25-21(26)18-10-9-17(15-5-6-15)19(24-18)12-14-3-7-16(23)8-4-14/h3-4,7-10,13,15,20H,5-6,11-12H2,1-2H3,(H,25,26)(H,27,28). The molecule has 1 heterocycles. The first-order chi connectivity index (χ1) is 13.3. The number of pyridine rings is 1. The van der Waals surface area contributed by atoms with Gasteiger partial charge in [0.15, 0.2) is 0 Å². The van der Waals surface area contributed by atoms with Crippen molar-refractivity contribution < 1.29 is 19.1 Å². The first-order valence-corrected chi connectivity index (χ1v) is 9.61. The van der Waals surface area contributed by atoms with E-state index in [1.54, 1.807) is 18.2 Å². The third-order valence-corrected chi connectivity index (χ3v) is 4.85. The highest BCUT2D eigenvalue weighted by Crippen LogP contribution is 2.41. The van der Waals surface area contributed by atoms with Gasteiger partial charge in [-0.15, -0.1) is 0 Å².